The summed E-state index contributed by atoms with van der Waals surface area (Å²) < 4.78 is 13.3. The highest BCUT2D eigenvalue weighted by Crippen LogP contribution is 2.21. The number of hydrogen-bond acceptors (Lipinski definition) is 3. The molecule has 0 unspecified atom stereocenters. The van der Waals surface area contributed by atoms with Crippen molar-refractivity contribution in [2.45, 2.75) is 0 Å². The lowest BCUT2D eigenvalue weighted by Crippen LogP contribution is -1.74. The second-order valence-corrected chi connectivity index (χ2v) is 3.34. The van der Waals surface area contributed by atoms with Gasteiger partial charge in [-0.15, -0.1) is 11.3 Å². The molecule has 4 heteroatoms. The van der Waals surface area contributed by atoms with Crippen LogP contribution < -0.4 is 0 Å². The number of aromatic nitrogens is 1. The number of benzene rings is 1. The van der Waals surface area contributed by atoms with Gasteiger partial charge in [-0.05, 0) is 18.2 Å². The molecule has 0 aliphatic carbocycles. The van der Waals surface area contributed by atoms with Gasteiger partial charge in [-0.3, -0.25) is 4.79 Å². The van der Waals surface area contributed by atoms with E-state index in [9.17, 15) is 9.18 Å². The van der Waals surface area contributed by atoms with Gasteiger partial charge in [0, 0.05) is 0 Å². The summed E-state index contributed by atoms with van der Waals surface area (Å²) in [5, 5.41) is 0.385. The van der Waals surface area contributed by atoms with Crippen molar-refractivity contribution in [2.75, 3.05) is 0 Å². The third-order valence-corrected chi connectivity index (χ3v) is 2.41. The van der Waals surface area contributed by atoms with Gasteiger partial charge in [0.05, 0.1) is 10.2 Å². The Hall–Kier alpha value is -1.29. The molecular formula is C8H4FNOS. The van der Waals surface area contributed by atoms with E-state index >= 15 is 0 Å². The van der Waals surface area contributed by atoms with Crippen LogP contribution in [0.2, 0.25) is 0 Å². The molecule has 0 atom stereocenters. The van der Waals surface area contributed by atoms with Crippen molar-refractivity contribution in [1.82, 2.24) is 4.98 Å². The van der Waals surface area contributed by atoms with Gasteiger partial charge >= 0.3 is 0 Å². The molecule has 0 aliphatic heterocycles. The Morgan fingerprint density at radius 1 is 1.50 bits per heavy atom. The van der Waals surface area contributed by atoms with Crippen LogP contribution in [-0.4, -0.2) is 11.3 Å². The molecule has 60 valence electrons. The monoisotopic (exact) mass is 181 g/mol. The smallest absolute Gasteiger partial charge is 0.178 e. The van der Waals surface area contributed by atoms with Crippen molar-refractivity contribution in [3.8, 4) is 0 Å². The molecule has 0 spiro atoms. The number of fused-ring (bicyclic) bond motifs is 1. The second kappa shape index (κ2) is 2.64. The third kappa shape index (κ3) is 1.10. The van der Waals surface area contributed by atoms with Crippen LogP contribution in [0, 0.1) is 5.82 Å². The minimum absolute atomic E-state index is 0.302. The van der Waals surface area contributed by atoms with Crippen LogP contribution >= 0.6 is 11.3 Å². The molecule has 0 N–H and O–H groups in total. The topological polar surface area (TPSA) is 30.0 Å². The van der Waals surface area contributed by atoms with E-state index in [1.165, 1.54) is 23.5 Å². The molecule has 0 saturated heterocycles. The van der Waals surface area contributed by atoms with Crippen LogP contribution in [0.25, 0.3) is 10.2 Å². The number of rotatable bonds is 1. The predicted octanol–water partition coefficient (Wildman–Crippen LogP) is 2.25. The summed E-state index contributed by atoms with van der Waals surface area (Å²) >= 11 is 1.19. The average molecular weight is 181 g/mol. The van der Waals surface area contributed by atoms with Crippen molar-refractivity contribution in [3.05, 3.63) is 29.0 Å². The van der Waals surface area contributed by atoms with E-state index < -0.39 is 0 Å². The van der Waals surface area contributed by atoms with E-state index in [1.54, 1.807) is 6.07 Å². The van der Waals surface area contributed by atoms with Crippen LogP contribution in [0.4, 0.5) is 4.39 Å². The van der Waals surface area contributed by atoms with Gasteiger partial charge in [0.15, 0.2) is 11.3 Å². The molecule has 0 radical (unpaired) electrons. The number of thiazole rings is 1. The van der Waals surface area contributed by atoms with Gasteiger partial charge in [0.25, 0.3) is 0 Å². The largest absolute Gasteiger partial charge is 0.295 e. The fraction of sp³-hybridized carbons (Fsp3) is 0. The van der Waals surface area contributed by atoms with Gasteiger partial charge < -0.3 is 0 Å². The molecule has 2 aromatic rings. The minimum atomic E-state index is -0.302. The molecule has 1 aromatic carbocycles. The van der Waals surface area contributed by atoms with Gasteiger partial charge in [-0.25, -0.2) is 9.37 Å². The summed E-state index contributed by atoms with van der Waals surface area (Å²) in [6.45, 7) is 0. The first-order chi connectivity index (χ1) is 5.79. The van der Waals surface area contributed by atoms with Gasteiger partial charge in [-0.1, -0.05) is 0 Å². The zero-order valence-corrected chi connectivity index (χ0v) is 6.77. The Bertz CT molecular complexity index is 438. The van der Waals surface area contributed by atoms with Gasteiger partial charge in [-0.2, -0.15) is 0 Å². The van der Waals surface area contributed by atoms with Crippen molar-refractivity contribution in [3.63, 3.8) is 0 Å². The molecule has 1 aromatic heterocycles. The standard InChI is InChI=1S/C8H4FNOS/c9-5-1-2-6-7(3-5)12-8(4-11)10-6/h1-4H. The lowest BCUT2D eigenvalue weighted by Gasteiger charge is -1.85. The van der Waals surface area contributed by atoms with Crippen molar-refractivity contribution in [2.24, 2.45) is 0 Å². The van der Waals surface area contributed by atoms with Crippen LogP contribution in [0.5, 0.6) is 0 Å². The van der Waals surface area contributed by atoms with Crippen molar-refractivity contribution < 1.29 is 9.18 Å². The number of nitrogens with zero attached hydrogens (tertiary/aromatic N) is 1. The summed E-state index contributed by atoms with van der Waals surface area (Å²) in [5.41, 5.74) is 0.670. The maximum Gasteiger partial charge on any atom is 0.178 e. The van der Waals surface area contributed by atoms with Gasteiger partial charge in [0.1, 0.15) is 5.82 Å². The highest BCUT2D eigenvalue weighted by atomic mass is 32.1. The number of hydrogen-bond donors (Lipinski definition) is 0. The van der Waals surface area contributed by atoms with E-state index in [0.717, 1.165) is 0 Å². The predicted molar refractivity (Wildman–Crippen MR) is 45.0 cm³/mol. The lowest BCUT2D eigenvalue weighted by molar-refractivity contribution is 0.112. The van der Waals surface area contributed by atoms with E-state index in [-0.39, 0.29) is 5.82 Å². The Balaban J connectivity index is 2.75. The number of halogens is 1. The molecule has 0 fully saturated rings. The quantitative estimate of drug-likeness (QED) is 0.631. The van der Waals surface area contributed by atoms with Gasteiger partial charge in [0.2, 0.25) is 0 Å². The highest BCUT2D eigenvalue weighted by Gasteiger charge is 2.02. The maximum absolute atomic E-state index is 12.6. The molecule has 2 rings (SSSR count). The van der Waals surface area contributed by atoms with E-state index in [2.05, 4.69) is 4.98 Å². The molecule has 0 saturated carbocycles. The summed E-state index contributed by atoms with van der Waals surface area (Å²) in [4.78, 5) is 14.3. The maximum atomic E-state index is 12.6. The third-order valence-electron chi connectivity index (χ3n) is 1.47. The molecule has 0 aliphatic rings. The molecule has 2 nitrogen and oxygen atoms in total. The van der Waals surface area contributed by atoms with E-state index in [0.29, 0.717) is 21.5 Å². The molecule has 1 heterocycles. The first kappa shape index (κ1) is 7.36. The Morgan fingerprint density at radius 3 is 3.08 bits per heavy atom. The van der Waals surface area contributed by atoms with Crippen LogP contribution in [0.15, 0.2) is 18.2 Å². The average Bonchev–Trinajstić information content (AvgIpc) is 2.46. The zero-order chi connectivity index (χ0) is 8.55. The fourth-order valence-electron chi connectivity index (χ4n) is 0.967. The molecule has 0 bridgehead atoms. The van der Waals surface area contributed by atoms with E-state index in [1.807, 2.05) is 0 Å². The normalized spacial score (nSPS) is 10.4. The second-order valence-electron chi connectivity index (χ2n) is 2.28. The summed E-state index contributed by atoms with van der Waals surface area (Å²) in [5.74, 6) is -0.302. The highest BCUT2D eigenvalue weighted by molar-refractivity contribution is 7.19. The fourth-order valence-corrected chi connectivity index (χ4v) is 1.77. The van der Waals surface area contributed by atoms with Crippen LogP contribution in [0.3, 0.4) is 0 Å². The minimum Gasteiger partial charge on any atom is -0.295 e. The van der Waals surface area contributed by atoms with Crippen molar-refractivity contribution in [1.29, 1.82) is 0 Å². The first-order valence-corrected chi connectivity index (χ1v) is 4.12. The zero-order valence-electron chi connectivity index (χ0n) is 5.95. The SMILES string of the molecule is O=Cc1nc2ccc(F)cc2s1. The van der Waals surface area contributed by atoms with E-state index in [4.69, 9.17) is 0 Å². The molecule has 0 amide bonds. The first-order valence-electron chi connectivity index (χ1n) is 3.31. The Kier molecular flexibility index (Phi) is 1.62. The molecule has 12 heavy (non-hydrogen) atoms. The van der Waals surface area contributed by atoms with Crippen LogP contribution in [0.1, 0.15) is 9.80 Å². The van der Waals surface area contributed by atoms with Crippen LogP contribution in [-0.2, 0) is 0 Å². The number of carbonyl (C=O) groups is 1. The Morgan fingerprint density at radius 2 is 2.33 bits per heavy atom. The lowest BCUT2D eigenvalue weighted by atomic mass is 10.3. The Labute approximate surface area is 71.7 Å². The summed E-state index contributed by atoms with van der Waals surface area (Å²) in [7, 11) is 0. The summed E-state index contributed by atoms with van der Waals surface area (Å²) in [6.07, 6.45) is 0.669. The van der Waals surface area contributed by atoms with Crippen molar-refractivity contribution >= 4 is 27.8 Å². The number of aldehydes is 1. The number of carbonyl (C=O) groups excluding carboxylic acids is 1. The molecular weight excluding hydrogens is 177 g/mol. The summed E-state index contributed by atoms with van der Waals surface area (Å²) in [6, 6.07) is 4.27.